The van der Waals surface area contributed by atoms with Crippen LogP contribution in [0.15, 0.2) is 35.9 Å². The molecule has 1 aromatic rings. The molecule has 0 radical (unpaired) electrons. The number of aliphatic carboxylic acids is 1. The van der Waals surface area contributed by atoms with E-state index in [1.807, 2.05) is 18.2 Å². The van der Waals surface area contributed by atoms with Crippen LogP contribution >= 0.6 is 11.3 Å². The number of allylic oxidation sites excluding steroid dienone is 4. The van der Waals surface area contributed by atoms with Crippen LogP contribution in [-0.4, -0.2) is 16.9 Å². The first-order valence-corrected chi connectivity index (χ1v) is 6.99. The Kier molecular flexibility index (Phi) is 3.71. The van der Waals surface area contributed by atoms with Crippen molar-refractivity contribution in [2.75, 3.05) is 0 Å². The molecule has 100 valence electrons. The van der Waals surface area contributed by atoms with Crippen molar-refractivity contribution in [1.29, 1.82) is 0 Å². The molecule has 4 heteroatoms. The molecule has 1 N–H and O–H groups in total. The molecule has 0 aliphatic heterocycles. The van der Waals surface area contributed by atoms with E-state index in [1.54, 1.807) is 26.0 Å². The molecule has 0 fully saturated rings. The van der Waals surface area contributed by atoms with Crippen LogP contribution < -0.4 is 0 Å². The molecule has 19 heavy (non-hydrogen) atoms. The van der Waals surface area contributed by atoms with Crippen LogP contribution in [0.2, 0.25) is 0 Å². The molecule has 0 spiro atoms. The summed E-state index contributed by atoms with van der Waals surface area (Å²) in [7, 11) is 0. The summed E-state index contributed by atoms with van der Waals surface area (Å²) in [6.45, 7) is 3.30. The summed E-state index contributed by atoms with van der Waals surface area (Å²) < 4.78 is 0. The molecule has 3 nitrogen and oxygen atoms in total. The lowest BCUT2D eigenvalue weighted by atomic mass is 9.92. The maximum absolute atomic E-state index is 12.3. The van der Waals surface area contributed by atoms with Gasteiger partial charge in [0.05, 0.1) is 10.3 Å². The van der Waals surface area contributed by atoms with Crippen LogP contribution in [0.25, 0.3) is 0 Å². The second-order valence-electron chi connectivity index (χ2n) is 5.06. The Balaban J connectivity index is 2.27. The Morgan fingerprint density at radius 3 is 2.58 bits per heavy atom. The van der Waals surface area contributed by atoms with E-state index in [2.05, 4.69) is 0 Å². The Morgan fingerprint density at radius 1 is 1.26 bits per heavy atom. The van der Waals surface area contributed by atoms with E-state index >= 15 is 0 Å². The predicted octanol–water partition coefficient (Wildman–Crippen LogP) is 3.57. The van der Waals surface area contributed by atoms with Crippen LogP contribution in [0.4, 0.5) is 0 Å². The minimum atomic E-state index is -0.958. The topological polar surface area (TPSA) is 54.4 Å². The van der Waals surface area contributed by atoms with Crippen LogP contribution in [0.5, 0.6) is 0 Å². The fourth-order valence-corrected chi connectivity index (χ4v) is 2.89. The number of ketones is 1. The molecule has 0 saturated heterocycles. The van der Waals surface area contributed by atoms with Gasteiger partial charge in [0.25, 0.3) is 0 Å². The van der Waals surface area contributed by atoms with Crippen molar-refractivity contribution in [2.24, 2.45) is 0 Å². The third kappa shape index (κ3) is 2.68. The first-order chi connectivity index (χ1) is 8.93. The predicted molar refractivity (Wildman–Crippen MR) is 75.8 cm³/mol. The van der Waals surface area contributed by atoms with Gasteiger partial charge in [-0.3, -0.25) is 9.59 Å². The molecule has 0 aromatic carbocycles. The van der Waals surface area contributed by atoms with E-state index in [9.17, 15) is 14.7 Å². The van der Waals surface area contributed by atoms with E-state index in [-0.39, 0.29) is 5.78 Å². The molecule has 2 rings (SSSR count). The van der Waals surface area contributed by atoms with Gasteiger partial charge >= 0.3 is 5.97 Å². The fourth-order valence-electron chi connectivity index (χ4n) is 1.83. The van der Waals surface area contributed by atoms with E-state index in [0.717, 1.165) is 12.8 Å². The molecular weight excluding hydrogens is 260 g/mol. The smallest absolute Gasteiger partial charge is 0.314 e. The summed E-state index contributed by atoms with van der Waals surface area (Å²) in [4.78, 5) is 24.8. The molecule has 0 bridgehead atoms. The van der Waals surface area contributed by atoms with Gasteiger partial charge < -0.3 is 5.11 Å². The van der Waals surface area contributed by atoms with Gasteiger partial charge in [0.2, 0.25) is 5.78 Å². The van der Waals surface area contributed by atoms with E-state index in [4.69, 9.17) is 0 Å². The number of carbonyl (C=O) groups excluding carboxylic acids is 1. The van der Waals surface area contributed by atoms with Gasteiger partial charge in [0.15, 0.2) is 0 Å². The van der Waals surface area contributed by atoms with Gasteiger partial charge in [0.1, 0.15) is 0 Å². The molecular formula is C15H16O3S. The van der Waals surface area contributed by atoms with Crippen molar-refractivity contribution in [2.45, 2.75) is 32.1 Å². The molecule has 1 aliphatic carbocycles. The lowest BCUT2D eigenvalue weighted by Gasteiger charge is -2.16. The molecule has 0 saturated carbocycles. The number of rotatable bonds is 4. The summed E-state index contributed by atoms with van der Waals surface area (Å²) in [6, 6.07) is 3.45. The Hall–Kier alpha value is -1.68. The molecule has 0 amide bonds. The third-order valence-electron chi connectivity index (χ3n) is 3.24. The standard InChI is InChI=1S/C15H16O3S/c1-15(2,14(17)18)12-9-8-11(19-12)13(16)10-6-4-3-5-7-10/h4,6-9H,3,5H2,1-2H3,(H,17,18). The van der Waals surface area contributed by atoms with Gasteiger partial charge in [-0.25, -0.2) is 0 Å². The Labute approximate surface area is 116 Å². The number of carbonyl (C=O) groups is 2. The summed E-state index contributed by atoms with van der Waals surface area (Å²) in [6.07, 6.45) is 7.62. The lowest BCUT2D eigenvalue weighted by Crippen LogP contribution is -2.27. The average Bonchev–Trinajstić information content (AvgIpc) is 2.89. The quantitative estimate of drug-likeness (QED) is 0.855. The monoisotopic (exact) mass is 276 g/mol. The number of carboxylic acid groups (broad SMARTS) is 1. The molecule has 1 aromatic heterocycles. The van der Waals surface area contributed by atoms with Gasteiger partial charge in [-0.05, 0) is 38.8 Å². The summed E-state index contributed by atoms with van der Waals surface area (Å²) in [5.41, 5.74) is -0.257. The molecule has 1 heterocycles. The maximum atomic E-state index is 12.3. The van der Waals surface area contributed by atoms with Gasteiger partial charge in [-0.2, -0.15) is 0 Å². The highest BCUT2D eigenvalue weighted by atomic mass is 32.1. The Morgan fingerprint density at radius 2 is 2.00 bits per heavy atom. The number of thiophene rings is 1. The summed E-state index contributed by atoms with van der Waals surface area (Å²) in [5.74, 6) is -0.904. The van der Waals surface area contributed by atoms with Crippen molar-refractivity contribution >= 4 is 23.1 Å². The largest absolute Gasteiger partial charge is 0.481 e. The van der Waals surface area contributed by atoms with Crippen molar-refractivity contribution in [3.05, 3.63) is 45.7 Å². The summed E-state index contributed by atoms with van der Waals surface area (Å²) >= 11 is 1.26. The first kappa shape index (κ1) is 13.7. The van der Waals surface area contributed by atoms with E-state index in [1.165, 1.54) is 11.3 Å². The number of hydrogen-bond acceptors (Lipinski definition) is 3. The highest BCUT2D eigenvalue weighted by Crippen LogP contribution is 2.31. The number of hydrogen-bond donors (Lipinski definition) is 1. The van der Waals surface area contributed by atoms with Crippen LogP contribution in [0, 0.1) is 0 Å². The second kappa shape index (κ2) is 5.13. The first-order valence-electron chi connectivity index (χ1n) is 6.18. The SMILES string of the molecule is CC(C)(C(=O)O)c1ccc(C(=O)C2=CCCC=C2)s1. The average molecular weight is 276 g/mol. The minimum absolute atomic E-state index is 0.0200. The highest BCUT2D eigenvalue weighted by Gasteiger charge is 2.31. The zero-order valence-corrected chi connectivity index (χ0v) is 11.8. The van der Waals surface area contributed by atoms with E-state index < -0.39 is 11.4 Å². The van der Waals surface area contributed by atoms with Gasteiger partial charge in [-0.15, -0.1) is 11.3 Å². The minimum Gasteiger partial charge on any atom is -0.481 e. The maximum Gasteiger partial charge on any atom is 0.314 e. The normalized spacial score (nSPS) is 15.2. The second-order valence-corrected chi connectivity index (χ2v) is 6.15. The molecule has 0 unspecified atom stereocenters. The molecule has 0 atom stereocenters. The third-order valence-corrected chi connectivity index (χ3v) is 4.65. The van der Waals surface area contributed by atoms with Crippen molar-refractivity contribution in [3.63, 3.8) is 0 Å². The fraction of sp³-hybridized carbons (Fsp3) is 0.333. The zero-order chi connectivity index (χ0) is 14.0. The van der Waals surface area contributed by atoms with Gasteiger partial charge in [-0.1, -0.05) is 18.2 Å². The zero-order valence-electron chi connectivity index (χ0n) is 11.0. The van der Waals surface area contributed by atoms with Crippen molar-refractivity contribution in [1.82, 2.24) is 0 Å². The molecule has 1 aliphatic rings. The Bertz CT molecular complexity index is 576. The van der Waals surface area contributed by atoms with E-state index in [0.29, 0.717) is 15.3 Å². The highest BCUT2D eigenvalue weighted by molar-refractivity contribution is 7.14. The van der Waals surface area contributed by atoms with Crippen LogP contribution in [0.1, 0.15) is 41.2 Å². The van der Waals surface area contributed by atoms with Crippen molar-refractivity contribution < 1.29 is 14.7 Å². The lowest BCUT2D eigenvalue weighted by molar-refractivity contribution is -0.142. The van der Waals surface area contributed by atoms with Crippen molar-refractivity contribution in [3.8, 4) is 0 Å². The summed E-state index contributed by atoms with van der Waals surface area (Å²) in [5, 5.41) is 9.19. The van der Waals surface area contributed by atoms with Crippen LogP contribution in [-0.2, 0) is 10.2 Å². The van der Waals surface area contributed by atoms with Crippen LogP contribution in [0.3, 0.4) is 0 Å². The number of Topliss-reactive ketones (excluding diaryl/α,β-unsaturated/α-hetero) is 1. The number of carboxylic acids is 1. The van der Waals surface area contributed by atoms with Gasteiger partial charge in [0, 0.05) is 10.5 Å².